The average Bonchev–Trinajstić information content (AvgIpc) is 3.33. The summed E-state index contributed by atoms with van der Waals surface area (Å²) in [6, 6.07) is 12.0. The third kappa shape index (κ3) is 5.47. The lowest BCUT2D eigenvalue weighted by Crippen LogP contribution is -2.30. The highest BCUT2D eigenvalue weighted by Crippen LogP contribution is 2.21. The van der Waals surface area contributed by atoms with Crippen LogP contribution in [-0.2, 0) is 20.0 Å². The van der Waals surface area contributed by atoms with Gasteiger partial charge in [0.1, 0.15) is 12.4 Å². The molecule has 1 heterocycles. The van der Waals surface area contributed by atoms with Crippen LogP contribution in [0, 0.1) is 0 Å². The molecule has 11 heteroatoms. The van der Waals surface area contributed by atoms with Crippen molar-refractivity contribution in [2.24, 2.45) is 0 Å². The van der Waals surface area contributed by atoms with E-state index in [-0.39, 0.29) is 28.5 Å². The molecule has 0 unspecified atom stereocenters. The second kappa shape index (κ2) is 9.99. The molecule has 174 valence electrons. The van der Waals surface area contributed by atoms with E-state index in [9.17, 15) is 21.6 Å². The number of hydrogen-bond acceptors (Lipinski definition) is 6. The van der Waals surface area contributed by atoms with Crippen LogP contribution in [0.4, 0.5) is 0 Å². The molecule has 0 radical (unpaired) electrons. The summed E-state index contributed by atoms with van der Waals surface area (Å²) in [6.07, 6.45) is 1.68. The van der Waals surface area contributed by atoms with Gasteiger partial charge in [-0.05, 0) is 55.3 Å². The molecule has 2 aromatic carbocycles. The standard InChI is InChI=1S/C21H27N3O6S2/c1-23(2)31(26,27)19-10-8-18(9-11-19)30-15-12-22-21(25)17-6-5-7-20(16-17)32(28,29)24-13-3-4-14-24/h5-11,16H,3-4,12-15H2,1-2H3,(H,22,25). The summed E-state index contributed by atoms with van der Waals surface area (Å²) in [7, 11) is -4.18. The lowest BCUT2D eigenvalue weighted by molar-refractivity contribution is 0.0946. The van der Waals surface area contributed by atoms with Crippen molar-refractivity contribution in [3.8, 4) is 5.75 Å². The topological polar surface area (TPSA) is 113 Å². The first-order valence-corrected chi connectivity index (χ1v) is 13.0. The van der Waals surface area contributed by atoms with E-state index < -0.39 is 26.0 Å². The van der Waals surface area contributed by atoms with E-state index >= 15 is 0 Å². The Labute approximate surface area is 189 Å². The molecule has 0 aromatic heterocycles. The highest BCUT2D eigenvalue weighted by atomic mass is 32.2. The quantitative estimate of drug-likeness (QED) is 0.544. The summed E-state index contributed by atoms with van der Waals surface area (Å²) in [4.78, 5) is 12.7. The first kappa shape index (κ1) is 24.2. The van der Waals surface area contributed by atoms with Crippen molar-refractivity contribution in [3.05, 3.63) is 54.1 Å². The molecule has 2 aromatic rings. The van der Waals surface area contributed by atoms with E-state index in [1.165, 1.54) is 42.7 Å². The van der Waals surface area contributed by atoms with Crippen LogP contribution in [0.1, 0.15) is 23.2 Å². The number of carbonyl (C=O) groups excluding carboxylic acids is 1. The van der Waals surface area contributed by atoms with Gasteiger partial charge in [-0.15, -0.1) is 0 Å². The Morgan fingerprint density at radius 3 is 2.28 bits per heavy atom. The van der Waals surface area contributed by atoms with Crippen LogP contribution in [0.25, 0.3) is 0 Å². The van der Waals surface area contributed by atoms with Crippen LogP contribution >= 0.6 is 0 Å². The van der Waals surface area contributed by atoms with Crippen molar-refractivity contribution in [2.45, 2.75) is 22.6 Å². The van der Waals surface area contributed by atoms with Gasteiger partial charge in [0.2, 0.25) is 20.0 Å². The summed E-state index contributed by atoms with van der Waals surface area (Å²) in [5.74, 6) is 0.0650. The number of rotatable bonds is 9. The van der Waals surface area contributed by atoms with Crippen molar-refractivity contribution in [3.63, 3.8) is 0 Å². The van der Waals surface area contributed by atoms with Gasteiger partial charge in [-0.2, -0.15) is 4.31 Å². The monoisotopic (exact) mass is 481 g/mol. The van der Waals surface area contributed by atoms with Gasteiger partial charge in [0.25, 0.3) is 5.91 Å². The van der Waals surface area contributed by atoms with E-state index in [2.05, 4.69) is 5.32 Å². The third-order valence-electron chi connectivity index (χ3n) is 5.06. The highest BCUT2D eigenvalue weighted by molar-refractivity contribution is 7.89. The average molecular weight is 482 g/mol. The maximum absolute atomic E-state index is 12.7. The molecule has 1 aliphatic heterocycles. The van der Waals surface area contributed by atoms with Crippen molar-refractivity contribution < 1.29 is 26.4 Å². The van der Waals surface area contributed by atoms with Crippen LogP contribution in [0.15, 0.2) is 58.3 Å². The number of ether oxygens (including phenoxy) is 1. The molecule has 0 saturated carbocycles. The largest absolute Gasteiger partial charge is 0.492 e. The van der Waals surface area contributed by atoms with Gasteiger partial charge in [-0.25, -0.2) is 21.1 Å². The minimum absolute atomic E-state index is 0.107. The Bertz CT molecular complexity index is 1160. The first-order chi connectivity index (χ1) is 15.1. The van der Waals surface area contributed by atoms with E-state index in [0.717, 1.165) is 17.1 Å². The molecule has 1 aliphatic rings. The van der Waals surface area contributed by atoms with Crippen molar-refractivity contribution >= 4 is 26.0 Å². The van der Waals surface area contributed by atoms with Crippen molar-refractivity contribution in [1.29, 1.82) is 0 Å². The van der Waals surface area contributed by atoms with Gasteiger partial charge in [0.15, 0.2) is 0 Å². The second-order valence-electron chi connectivity index (χ2n) is 7.50. The summed E-state index contributed by atoms with van der Waals surface area (Å²) >= 11 is 0. The first-order valence-electron chi connectivity index (χ1n) is 10.2. The Morgan fingerprint density at radius 2 is 1.66 bits per heavy atom. The molecule has 0 aliphatic carbocycles. The zero-order chi connectivity index (χ0) is 23.4. The number of sulfonamides is 2. The highest BCUT2D eigenvalue weighted by Gasteiger charge is 2.27. The third-order valence-corrected chi connectivity index (χ3v) is 8.78. The van der Waals surface area contributed by atoms with Gasteiger partial charge >= 0.3 is 0 Å². The fourth-order valence-corrected chi connectivity index (χ4v) is 5.69. The van der Waals surface area contributed by atoms with Crippen LogP contribution in [0.5, 0.6) is 5.75 Å². The molecule has 0 bridgehead atoms. The SMILES string of the molecule is CN(C)S(=O)(=O)c1ccc(OCCNC(=O)c2cccc(S(=O)(=O)N3CCCC3)c2)cc1. The van der Waals surface area contributed by atoms with E-state index in [1.54, 1.807) is 24.3 Å². The maximum atomic E-state index is 12.7. The Hall–Kier alpha value is -2.47. The molecule has 9 nitrogen and oxygen atoms in total. The Morgan fingerprint density at radius 1 is 1.00 bits per heavy atom. The second-order valence-corrected chi connectivity index (χ2v) is 11.6. The molecular weight excluding hydrogens is 454 g/mol. The normalized spacial score (nSPS) is 15.1. The zero-order valence-electron chi connectivity index (χ0n) is 18.0. The lowest BCUT2D eigenvalue weighted by Gasteiger charge is -2.16. The van der Waals surface area contributed by atoms with Crippen LogP contribution < -0.4 is 10.1 Å². The molecule has 1 N–H and O–H groups in total. The predicted octanol–water partition coefficient (Wildman–Crippen LogP) is 1.53. The molecule has 32 heavy (non-hydrogen) atoms. The molecular formula is C21H27N3O6S2. The minimum atomic E-state index is -3.59. The molecule has 0 atom stereocenters. The summed E-state index contributed by atoms with van der Waals surface area (Å²) in [5.41, 5.74) is 0.253. The van der Waals surface area contributed by atoms with Gasteiger partial charge in [0, 0.05) is 32.7 Å². The maximum Gasteiger partial charge on any atom is 0.251 e. The van der Waals surface area contributed by atoms with Crippen molar-refractivity contribution in [1.82, 2.24) is 13.9 Å². The fourth-order valence-electron chi connectivity index (χ4n) is 3.23. The number of hydrogen-bond donors (Lipinski definition) is 1. The molecule has 0 spiro atoms. The summed E-state index contributed by atoms with van der Waals surface area (Å²) < 4.78 is 57.6. The number of benzene rings is 2. The molecule has 1 fully saturated rings. The number of nitrogens with zero attached hydrogens (tertiary/aromatic N) is 2. The molecule has 3 rings (SSSR count). The Kier molecular flexibility index (Phi) is 7.55. The van der Waals surface area contributed by atoms with Crippen molar-refractivity contribution in [2.75, 3.05) is 40.3 Å². The minimum Gasteiger partial charge on any atom is -0.492 e. The number of amides is 1. The van der Waals surface area contributed by atoms with Gasteiger partial charge < -0.3 is 10.1 Å². The smallest absolute Gasteiger partial charge is 0.251 e. The lowest BCUT2D eigenvalue weighted by atomic mass is 10.2. The van der Waals surface area contributed by atoms with Crippen LogP contribution in [0.2, 0.25) is 0 Å². The predicted molar refractivity (Wildman–Crippen MR) is 120 cm³/mol. The van der Waals surface area contributed by atoms with Gasteiger partial charge in [-0.3, -0.25) is 4.79 Å². The van der Waals surface area contributed by atoms with E-state index in [1.807, 2.05) is 0 Å². The number of nitrogens with one attached hydrogen (secondary N) is 1. The fraction of sp³-hybridized carbons (Fsp3) is 0.381. The molecule has 1 amide bonds. The molecule has 1 saturated heterocycles. The summed E-state index contributed by atoms with van der Waals surface area (Å²) in [5, 5.41) is 2.69. The summed E-state index contributed by atoms with van der Waals surface area (Å²) in [6.45, 7) is 1.35. The zero-order valence-corrected chi connectivity index (χ0v) is 19.7. The number of carbonyl (C=O) groups is 1. The van der Waals surface area contributed by atoms with Gasteiger partial charge in [-0.1, -0.05) is 6.07 Å². The van der Waals surface area contributed by atoms with E-state index in [4.69, 9.17) is 4.74 Å². The van der Waals surface area contributed by atoms with Crippen LogP contribution in [0.3, 0.4) is 0 Å². The Balaban J connectivity index is 1.53. The van der Waals surface area contributed by atoms with Crippen LogP contribution in [-0.4, -0.2) is 71.7 Å². The van der Waals surface area contributed by atoms with E-state index in [0.29, 0.717) is 18.8 Å². The van der Waals surface area contributed by atoms with Gasteiger partial charge in [0.05, 0.1) is 16.3 Å².